The molecule has 0 radical (unpaired) electrons. The highest BCUT2D eigenvalue weighted by Gasteiger charge is 2.27. The Hall–Kier alpha value is -1.88. The van der Waals surface area contributed by atoms with Crippen molar-refractivity contribution in [3.8, 4) is 0 Å². The topological polar surface area (TPSA) is 73.1 Å². The number of hydrogen-bond donors (Lipinski definition) is 2. The van der Waals surface area contributed by atoms with Gasteiger partial charge in [0.1, 0.15) is 12.1 Å². The normalized spacial score (nSPS) is 22.8. The second-order valence-corrected chi connectivity index (χ2v) is 4.95. The van der Waals surface area contributed by atoms with Crippen molar-refractivity contribution in [2.75, 3.05) is 18.2 Å². The predicted octanol–water partition coefficient (Wildman–Crippen LogP) is 2.19. The number of aromatic nitrogens is 2. The van der Waals surface area contributed by atoms with E-state index in [1.54, 1.807) is 13.4 Å². The van der Waals surface area contributed by atoms with Gasteiger partial charge >= 0.3 is 0 Å². The minimum Gasteiger partial charge on any atom is -0.399 e. The van der Waals surface area contributed by atoms with Crippen molar-refractivity contribution in [2.24, 2.45) is 0 Å². The maximum atomic E-state index is 5.78. The zero-order valence-corrected chi connectivity index (χ0v) is 11.0. The van der Waals surface area contributed by atoms with Crippen LogP contribution >= 0.6 is 0 Å². The number of nitrogens with two attached hydrogens (primary N) is 1. The molecule has 5 heteroatoms. The molecule has 3 N–H and O–H groups in total. The number of nitrogen functional groups attached to an aromatic ring is 1. The molecule has 1 fully saturated rings. The van der Waals surface area contributed by atoms with E-state index in [4.69, 9.17) is 10.5 Å². The fraction of sp³-hybridized carbons (Fsp3) is 0.429. The summed E-state index contributed by atoms with van der Waals surface area (Å²) in [6.07, 6.45) is 5.23. The summed E-state index contributed by atoms with van der Waals surface area (Å²) in [6, 6.07) is 6.02. The smallest absolute Gasteiger partial charge is 0.137 e. The molecule has 1 aliphatic carbocycles. The molecular weight excluding hydrogens is 240 g/mol. The fourth-order valence-electron chi connectivity index (χ4n) is 2.74. The number of rotatable bonds is 3. The number of nitrogens with one attached hydrogen (secondary N) is 1. The van der Waals surface area contributed by atoms with Gasteiger partial charge in [-0.15, -0.1) is 0 Å². The Morgan fingerprint density at radius 2 is 2.21 bits per heavy atom. The van der Waals surface area contributed by atoms with E-state index in [0.717, 1.165) is 29.6 Å². The van der Waals surface area contributed by atoms with Gasteiger partial charge in [-0.05, 0) is 37.5 Å². The zero-order valence-electron chi connectivity index (χ0n) is 11.0. The number of fused-ring (bicyclic) bond motifs is 1. The van der Waals surface area contributed by atoms with Crippen LogP contribution in [0.4, 0.5) is 11.5 Å². The van der Waals surface area contributed by atoms with E-state index in [0.29, 0.717) is 11.7 Å². The second kappa shape index (κ2) is 5.01. The number of ether oxygens (including phenoxy) is 1. The SMILES string of the molecule is COC1CCCC1Nc1ncnc2cc(N)ccc12. The fourth-order valence-corrected chi connectivity index (χ4v) is 2.74. The van der Waals surface area contributed by atoms with E-state index in [9.17, 15) is 0 Å². The summed E-state index contributed by atoms with van der Waals surface area (Å²) in [5, 5.41) is 4.49. The van der Waals surface area contributed by atoms with Gasteiger partial charge in [-0.25, -0.2) is 9.97 Å². The molecule has 1 aromatic heterocycles. The molecule has 1 aromatic carbocycles. The quantitative estimate of drug-likeness (QED) is 0.826. The highest BCUT2D eigenvalue weighted by molar-refractivity contribution is 5.90. The van der Waals surface area contributed by atoms with E-state index in [1.807, 2.05) is 18.2 Å². The van der Waals surface area contributed by atoms with E-state index >= 15 is 0 Å². The molecule has 2 atom stereocenters. The van der Waals surface area contributed by atoms with Gasteiger partial charge < -0.3 is 15.8 Å². The molecular formula is C14H18N4O. The Kier molecular flexibility index (Phi) is 3.21. The van der Waals surface area contributed by atoms with Crippen molar-refractivity contribution < 1.29 is 4.74 Å². The summed E-state index contributed by atoms with van der Waals surface area (Å²) < 4.78 is 5.50. The highest BCUT2D eigenvalue weighted by Crippen LogP contribution is 2.27. The second-order valence-electron chi connectivity index (χ2n) is 4.95. The van der Waals surface area contributed by atoms with Gasteiger partial charge in [0.15, 0.2) is 0 Å². The molecule has 0 amide bonds. The molecule has 0 spiro atoms. The lowest BCUT2D eigenvalue weighted by Crippen LogP contribution is -2.30. The van der Waals surface area contributed by atoms with Crippen LogP contribution in [0.1, 0.15) is 19.3 Å². The van der Waals surface area contributed by atoms with Crippen molar-refractivity contribution >= 4 is 22.4 Å². The first-order valence-electron chi connectivity index (χ1n) is 6.57. The number of benzene rings is 1. The molecule has 2 aromatic rings. The summed E-state index contributed by atoms with van der Waals surface area (Å²) in [4.78, 5) is 8.60. The Bertz CT molecular complexity index is 587. The molecule has 1 saturated carbocycles. The minimum atomic E-state index is 0.263. The molecule has 2 unspecified atom stereocenters. The summed E-state index contributed by atoms with van der Waals surface area (Å²) in [5.74, 6) is 0.860. The van der Waals surface area contributed by atoms with Crippen LogP contribution < -0.4 is 11.1 Å². The Morgan fingerprint density at radius 3 is 3.05 bits per heavy atom. The van der Waals surface area contributed by atoms with Crippen LogP contribution in [0.25, 0.3) is 10.9 Å². The first-order valence-corrected chi connectivity index (χ1v) is 6.57. The third-order valence-corrected chi connectivity index (χ3v) is 3.74. The number of anilines is 2. The lowest BCUT2D eigenvalue weighted by atomic mass is 10.1. The summed E-state index contributed by atoms with van der Waals surface area (Å²) in [5.41, 5.74) is 7.36. The summed E-state index contributed by atoms with van der Waals surface area (Å²) in [7, 11) is 1.77. The first kappa shape index (κ1) is 12.2. The van der Waals surface area contributed by atoms with Crippen molar-refractivity contribution in [2.45, 2.75) is 31.4 Å². The molecule has 0 saturated heterocycles. The Labute approximate surface area is 112 Å². The van der Waals surface area contributed by atoms with Crippen molar-refractivity contribution in [3.05, 3.63) is 24.5 Å². The first-order chi connectivity index (χ1) is 9.28. The predicted molar refractivity (Wildman–Crippen MR) is 76.0 cm³/mol. The number of hydrogen-bond acceptors (Lipinski definition) is 5. The molecule has 5 nitrogen and oxygen atoms in total. The Morgan fingerprint density at radius 1 is 1.32 bits per heavy atom. The van der Waals surface area contributed by atoms with Gasteiger partial charge in [-0.3, -0.25) is 0 Å². The van der Waals surface area contributed by atoms with Crippen LogP contribution in [-0.2, 0) is 4.74 Å². The molecule has 1 aliphatic rings. The van der Waals surface area contributed by atoms with E-state index in [-0.39, 0.29) is 6.10 Å². The van der Waals surface area contributed by atoms with Crippen molar-refractivity contribution in [1.82, 2.24) is 9.97 Å². The third-order valence-electron chi connectivity index (χ3n) is 3.74. The van der Waals surface area contributed by atoms with Crippen LogP contribution in [0.3, 0.4) is 0 Å². The molecule has 3 rings (SSSR count). The molecule has 19 heavy (non-hydrogen) atoms. The maximum absolute atomic E-state index is 5.78. The van der Waals surface area contributed by atoms with Gasteiger partial charge in [0, 0.05) is 18.2 Å². The van der Waals surface area contributed by atoms with Gasteiger partial charge in [0.2, 0.25) is 0 Å². The standard InChI is InChI=1S/C14H18N4O/c1-19-13-4-2-3-11(13)18-14-10-6-5-9(15)7-12(10)16-8-17-14/h5-8,11,13H,2-4,15H2,1H3,(H,16,17,18). The van der Waals surface area contributed by atoms with Crippen molar-refractivity contribution in [1.29, 1.82) is 0 Å². The monoisotopic (exact) mass is 258 g/mol. The van der Waals surface area contributed by atoms with Crippen molar-refractivity contribution in [3.63, 3.8) is 0 Å². The van der Waals surface area contributed by atoms with Crippen LogP contribution in [0.15, 0.2) is 24.5 Å². The van der Waals surface area contributed by atoms with Crippen LogP contribution in [-0.4, -0.2) is 29.2 Å². The molecule has 0 aliphatic heterocycles. The summed E-state index contributed by atoms with van der Waals surface area (Å²) in [6.45, 7) is 0. The van der Waals surface area contributed by atoms with Gasteiger partial charge in [-0.2, -0.15) is 0 Å². The average Bonchev–Trinajstić information content (AvgIpc) is 2.86. The van der Waals surface area contributed by atoms with Crippen LogP contribution in [0.2, 0.25) is 0 Å². The zero-order chi connectivity index (χ0) is 13.2. The molecule has 0 bridgehead atoms. The summed E-state index contributed by atoms with van der Waals surface area (Å²) >= 11 is 0. The van der Waals surface area contributed by atoms with E-state index < -0.39 is 0 Å². The maximum Gasteiger partial charge on any atom is 0.137 e. The third kappa shape index (κ3) is 2.33. The lowest BCUT2D eigenvalue weighted by Gasteiger charge is -2.20. The average molecular weight is 258 g/mol. The number of nitrogens with zero attached hydrogens (tertiary/aromatic N) is 2. The minimum absolute atomic E-state index is 0.263. The Balaban J connectivity index is 1.92. The largest absolute Gasteiger partial charge is 0.399 e. The highest BCUT2D eigenvalue weighted by atomic mass is 16.5. The molecule has 1 heterocycles. The van der Waals surface area contributed by atoms with Crippen LogP contribution in [0, 0.1) is 0 Å². The van der Waals surface area contributed by atoms with Gasteiger partial charge in [0.05, 0.1) is 17.7 Å². The van der Waals surface area contributed by atoms with E-state index in [2.05, 4.69) is 15.3 Å². The lowest BCUT2D eigenvalue weighted by molar-refractivity contribution is 0.101. The van der Waals surface area contributed by atoms with Gasteiger partial charge in [0.25, 0.3) is 0 Å². The van der Waals surface area contributed by atoms with E-state index in [1.165, 1.54) is 6.42 Å². The molecule has 100 valence electrons. The number of methoxy groups -OCH3 is 1. The van der Waals surface area contributed by atoms with Gasteiger partial charge in [-0.1, -0.05) is 0 Å². The van der Waals surface area contributed by atoms with Crippen LogP contribution in [0.5, 0.6) is 0 Å².